The van der Waals surface area contributed by atoms with Crippen LogP contribution in [0.15, 0.2) is 30.5 Å². The minimum atomic E-state index is -0.481. The van der Waals surface area contributed by atoms with Crippen LogP contribution in [0, 0.1) is 5.92 Å². The second kappa shape index (κ2) is 5.29. The predicted molar refractivity (Wildman–Crippen MR) is 80.3 cm³/mol. The van der Waals surface area contributed by atoms with Crippen LogP contribution in [0.5, 0.6) is 0 Å². The lowest BCUT2D eigenvalue weighted by molar-refractivity contribution is -0.123. The lowest BCUT2D eigenvalue weighted by Gasteiger charge is -2.33. The third-order valence-corrected chi connectivity index (χ3v) is 4.17. The Bertz CT molecular complexity index is 613. The van der Waals surface area contributed by atoms with Crippen molar-refractivity contribution in [2.45, 2.75) is 38.3 Å². The SMILES string of the molecule is CC1CC(NC(=O)[C@H](N)Cc2c[nH]c3ccccc23)C1. The fourth-order valence-corrected chi connectivity index (χ4v) is 2.96. The molecule has 4 nitrogen and oxygen atoms in total. The highest BCUT2D eigenvalue weighted by Gasteiger charge is 2.28. The first kappa shape index (κ1) is 13.2. The molecule has 1 aliphatic carbocycles. The van der Waals surface area contributed by atoms with E-state index in [0.717, 1.165) is 35.2 Å². The van der Waals surface area contributed by atoms with Crippen molar-refractivity contribution >= 4 is 16.8 Å². The second-order valence-corrected chi connectivity index (χ2v) is 5.95. The smallest absolute Gasteiger partial charge is 0.237 e. The number of H-pyrrole nitrogens is 1. The lowest BCUT2D eigenvalue weighted by atomic mass is 9.82. The molecule has 1 aromatic heterocycles. The van der Waals surface area contributed by atoms with Crippen molar-refractivity contribution in [3.63, 3.8) is 0 Å². The average Bonchev–Trinajstić information content (AvgIpc) is 2.80. The van der Waals surface area contributed by atoms with Crippen LogP contribution in [-0.2, 0) is 11.2 Å². The van der Waals surface area contributed by atoms with E-state index in [1.807, 2.05) is 24.4 Å². The highest BCUT2D eigenvalue weighted by molar-refractivity contribution is 5.86. The highest BCUT2D eigenvalue weighted by Crippen LogP contribution is 2.26. The van der Waals surface area contributed by atoms with Gasteiger partial charge >= 0.3 is 0 Å². The molecule has 1 amide bonds. The number of aromatic nitrogens is 1. The molecule has 0 unspecified atom stereocenters. The van der Waals surface area contributed by atoms with E-state index < -0.39 is 6.04 Å². The van der Waals surface area contributed by atoms with Crippen molar-refractivity contribution in [1.29, 1.82) is 0 Å². The minimum Gasteiger partial charge on any atom is -0.361 e. The van der Waals surface area contributed by atoms with Crippen LogP contribution in [0.25, 0.3) is 10.9 Å². The number of hydrogen-bond donors (Lipinski definition) is 3. The van der Waals surface area contributed by atoms with Crippen LogP contribution in [0.1, 0.15) is 25.3 Å². The van der Waals surface area contributed by atoms with E-state index in [1.165, 1.54) is 0 Å². The van der Waals surface area contributed by atoms with Crippen molar-refractivity contribution < 1.29 is 4.79 Å². The Morgan fingerprint density at radius 1 is 1.45 bits per heavy atom. The summed E-state index contributed by atoms with van der Waals surface area (Å²) in [4.78, 5) is 15.3. The molecular formula is C16H21N3O. The van der Waals surface area contributed by atoms with Gasteiger partial charge in [-0.05, 0) is 36.8 Å². The number of benzene rings is 1. The Kier molecular flexibility index (Phi) is 3.49. The molecule has 2 aromatic rings. The van der Waals surface area contributed by atoms with Gasteiger partial charge in [0.15, 0.2) is 0 Å². The summed E-state index contributed by atoms with van der Waals surface area (Å²) in [6, 6.07) is 7.92. The lowest BCUT2D eigenvalue weighted by Crippen LogP contribution is -2.50. The molecule has 1 aromatic carbocycles. The van der Waals surface area contributed by atoms with Crippen LogP contribution in [0.4, 0.5) is 0 Å². The second-order valence-electron chi connectivity index (χ2n) is 5.95. The number of amides is 1. The fourth-order valence-electron chi connectivity index (χ4n) is 2.96. The molecule has 0 saturated heterocycles. The molecule has 4 heteroatoms. The number of para-hydroxylation sites is 1. The third-order valence-electron chi connectivity index (χ3n) is 4.17. The zero-order chi connectivity index (χ0) is 14.1. The molecule has 0 radical (unpaired) electrons. The summed E-state index contributed by atoms with van der Waals surface area (Å²) in [5, 5.41) is 4.18. The Morgan fingerprint density at radius 3 is 2.95 bits per heavy atom. The maximum Gasteiger partial charge on any atom is 0.237 e. The maximum absolute atomic E-state index is 12.1. The summed E-state index contributed by atoms with van der Waals surface area (Å²) in [6.45, 7) is 2.20. The van der Waals surface area contributed by atoms with E-state index in [4.69, 9.17) is 5.73 Å². The van der Waals surface area contributed by atoms with Gasteiger partial charge in [0.2, 0.25) is 5.91 Å². The van der Waals surface area contributed by atoms with Crippen LogP contribution >= 0.6 is 0 Å². The van der Waals surface area contributed by atoms with Gasteiger partial charge < -0.3 is 16.0 Å². The number of nitrogens with two attached hydrogens (primary N) is 1. The summed E-state index contributed by atoms with van der Waals surface area (Å²) in [5.74, 6) is 0.692. The van der Waals surface area contributed by atoms with Gasteiger partial charge in [-0.1, -0.05) is 25.1 Å². The highest BCUT2D eigenvalue weighted by atomic mass is 16.2. The molecule has 3 rings (SSSR count). The molecule has 1 atom stereocenters. The molecule has 0 bridgehead atoms. The van der Waals surface area contributed by atoms with Gasteiger partial charge in [-0.3, -0.25) is 4.79 Å². The van der Waals surface area contributed by atoms with Gasteiger partial charge in [-0.25, -0.2) is 0 Å². The molecule has 0 spiro atoms. The largest absolute Gasteiger partial charge is 0.361 e. The number of hydrogen-bond acceptors (Lipinski definition) is 2. The van der Waals surface area contributed by atoms with Gasteiger partial charge in [0.05, 0.1) is 6.04 Å². The van der Waals surface area contributed by atoms with Gasteiger partial charge in [0.25, 0.3) is 0 Å². The maximum atomic E-state index is 12.1. The molecular weight excluding hydrogens is 250 g/mol. The zero-order valence-corrected chi connectivity index (χ0v) is 11.7. The molecule has 1 fully saturated rings. The van der Waals surface area contributed by atoms with Gasteiger partial charge in [0, 0.05) is 23.1 Å². The Morgan fingerprint density at radius 2 is 2.20 bits per heavy atom. The van der Waals surface area contributed by atoms with Crippen LogP contribution in [0.2, 0.25) is 0 Å². The quantitative estimate of drug-likeness (QED) is 0.795. The van der Waals surface area contributed by atoms with E-state index in [-0.39, 0.29) is 5.91 Å². The Hall–Kier alpha value is -1.81. The van der Waals surface area contributed by atoms with Gasteiger partial charge in [-0.15, -0.1) is 0 Å². The van der Waals surface area contributed by atoms with E-state index in [2.05, 4.69) is 23.3 Å². The molecule has 0 aliphatic heterocycles. The van der Waals surface area contributed by atoms with E-state index in [9.17, 15) is 4.79 Å². The molecule has 20 heavy (non-hydrogen) atoms. The third kappa shape index (κ3) is 2.56. The van der Waals surface area contributed by atoms with E-state index in [0.29, 0.717) is 12.5 Å². The van der Waals surface area contributed by atoms with Crippen molar-refractivity contribution in [1.82, 2.24) is 10.3 Å². The Balaban J connectivity index is 1.63. The van der Waals surface area contributed by atoms with Gasteiger partial charge in [0.1, 0.15) is 0 Å². The number of carbonyl (C=O) groups is 1. The normalized spacial score (nSPS) is 23.3. The van der Waals surface area contributed by atoms with Crippen LogP contribution in [-0.4, -0.2) is 23.0 Å². The first-order valence-electron chi connectivity index (χ1n) is 7.24. The summed E-state index contributed by atoms with van der Waals surface area (Å²) in [7, 11) is 0. The average molecular weight is 271 g/mol. The van der Waals surface area contributed by atoms with Crippen molar-refractivity contribution in [2.75, 3.05) is 0 Å². The summed E-state index contributed by atoms with van der Waals surface area (Å²) >= 11 is 0. The van der Waals surface area contributed by atoms with Gasteiger partial charge in [-0.2, -0.15) is 0 Å². The molecule has 1 heterocycles. The summed E-state index contributed by atoms with van der Waals surface area (Å²) in [6.07, 6.45) is 4.67. The molecule has 1 saturated carbocycles. The van der Waals surface area contributed by atoms with Crippen molar-refractivity contribution in [2.24, 2.45) is 11.7 Å². The van der Waals surface area contributed by atoms with Crippen molar-refractivity contribution in [3.05, 3.63) is 36.0 Å². The first-order valence-corrected chi connectivity index (χ1v) is 7.24. The number of carbonyl (C=O) groups excluding carboxylic acids is 1. The predicted octanol–water partition coefficient (Wildman–Crippen LogP) is 1.95. The summed E-state index contributed by atoms with van der Waals surface area (Å²) in [5.41, 5.74) is 8.22. The monoisotopic (exact) mass is 271 g/mol. The summed E-state index contributed by atoms with van der Waals surface area (Å²) < 4.78 is 0. The standard InChI is InChI=1S/C16H21N3O/c1-10-6-12(7-10)19-16(20)14(17)8-11-9-18-15-5-3-2-4-13(11)15/h2-5,9-10,12,14,18H,6-8,17H2,1H3,(H,19,20)/t10?,12?,14-/m1/s1. The molecule has 1 aliphatic rings. The number of aromatic amines is 1. The zero-order valence-electron chi connectivity index (χ0n) is 11.7. The number of rotatable bonds is 4. The first-order chi connectivity index (χ1) is 9.63. The van der Waals surface area contributed by atoms with E-state index >= 15 is 0 Å². The van der Waals surface area contributed by atoms with Crippen molar-refractivity contribution in [3.8, 4) is 0 Å². The van der Waals surface area contributed by atoms with E-state index in [1.54, 1.807) is 0 Å². The Labute approximate surface area is 118 Å². The minimum absolute atomic E-state index is 0.0350. The number of fused-ring (bicyclic) bond motifs is 1. The fraction of sp³-hybridized carbons (Fsp3) is 0.438. The molecule has 4 N–H and O–H groups in total. The van der Waals surface area contributed by atoms with Crippen LogP contribution in [0.3, 0.4) is 0 Å². The molecule has 106 valence electrons. The van der Waals surface area contributed by atoms with Crippen LogP contribution < -0.4 is 11.1 Å². The topological polar surface area (TPSA) is 70.9 Å². The number of nitrogens with one attached hydrogen (secondary N) is 2.